The molecule has 0 atom stereocenters. The van der Waals surface area contributed by atoms with Crippen LogP contribution in [-0.4, -0.2) is 11.5 Å². The molecular weight excluding hydrogens is 352 g/mol. The van der Waals surface area contributed by atoms with Gasteiger partial charge in [-0.15, -0.1) is 23.1 Å². The Labute approximate surface area is 128 Å². The minimum Gasteiger partial charge on any atom is -0.298 e. The summed E-state index contributed by atoms with van der Waals surface area (Å²) < 4.78 is 1.76. The lowest BCUT2D eigenvalue weighted by molar-refractivity contribution is -0.115. The molecule has 0 spiro atoms. The van der Waals surface area contributed by atoms with Crippen LogP contribution in [0.4, 0.5) is 0 Å². The molecule has 0 aliphatic heterocycles. The van der Waals surface area contributed by atoms with Crippen molar-refractivity contribution in [2.24, 2.45) is 0 Å². The van der Waals surface area contributed by atoms with Crippen LogP contribution in [0.3, 0.4) is 0 Å². The summed E-state index contributed by atoms with van der Waals surface area (Å²) in [6, 6.07) is 11.7. The van der Waals surface area contributed by atoms with E-state index in [0.717, 1.165) is 18.6 Å². The molecule has 2 rings (SSSR count). The van der Waals surface area contributed by atoms with Gasteiger partial charge in [0.15, 0.2) is 0 Å². The van der Waals surface area contributed by atoms with Gasteiger partial charge in [-0.3, -0.25) is 4.79 Å². The maximum absolute atomic E-state index is 11.8. The van der Waals surface area contributed by atoms with Gasteiger partial charge in [-0.1, -0.05) is 23.7 Å². The van der Waals surface area contributed by atoms with E-state index in [-0.39, 0.29) is 5.78 Å². The number of benzene rings is 1. The van der Waals surface area contributed by atoms with Gasteiger partial charge in [0.05, 0.1) is 10.1 Å². The number of carbonyl (C=O) groups is 1. The lowest BCUT2D eigenvalue weighted by atomic mass is 10.3. The molecule has 0 fully saturated rings. The molecule has 0 aliphatic rings. The second-order valence-corrected chi connectivity index (χ2v) is 7.31. The van der Waals surface area contributed by atoms with Crippen molar-refractivity contribution in [2.75, 3.05) is 5.75 Å². The normalized spacial score (nSPS) is 10.6. The predicted octanol–water partition coefficient (Wildman–Crippen LogP) is 5.07. The van der Waals surface area contributed by atoms with Gasteiger partial charge < -0.3 is 0 Å². The van der Waals surface area contributed by atoms with Gasteiger partial charge in [0.1, 0.15) is 5.78 Å². The molecule has 0 N–H and O–H groups in total. The van der Waals surface area contributed by atoms with E-state index in [1.54, 1.807) is 11.8 Å². The first-order valence-electron chi connectivity index (χ1n) is 5.28. The Hall–Kier alpha value is -0.290. The second kappa shape index (κ2) is 6.75. The van der Waals surface area contributed by atoms with E-state index >= 15 is 0 Å². The van der Waals surface area contributed by atoms with Crippen LogP contribution >= 0.6 is 50.6 Å². The lowest BCUT2D eigenvalue weighted by Gasteiger charge is -2.02. The van der Waals surface area contributed by atoms with E-state index in [1.165, 1.54) is 11.3 Å². The van der Waals surface area contributed by atoms with E-state index in [2.05, 4.69) is 15.9 Å². The quantitative estimate of drug-likeness (QED) is 0.692. The topological polar surface area (TPSA) is 17.1 Å². The average molecular weight is 362 g/mol. The van der Waals surface area contributed by atoms with Gasteiger partial charge in [-0.05, 0) is 40.2 Å². The maximum atomic E-state index is 11.8. The van der Waals surface area contributed by atoms with Crippen molar-refractivity contribution in [1.82, 2.24) is 0 Å². The first kappa shape index (κ1) is 14.1. The first-order valence-corrected chi connectivity index (χ1v) is 8.25. The molecule has 5 heteroatoms. The molecule has 0 radical (unpaired) electrons. The zero-order valence-electron chi connectivity index (χ0n) is 9.36. The summed E-state index contributed by atoms with van der Waals surface area (Å²) in [6.07, 6.45) is 0.467. The van der Waals surface area contributed by atoms with Gasteiger partial charge in [-0.25, -0.2) is 0 Å². The van der Waals surface area contributed by atoms with Crippen molar-refractivity contribution in [2.45, 2.75) is 11.3 Å². The highest BCUT2D eigenvalue weighted by Crippen LogP contribution is 2.28. The van der Waals surface area contributed by atoms with Crippen LogP contribution in [0, 0.1) is 0 Å². The first-order chi connectivity index (χ1) is 8.65. The number of thiophene rings is 1. The van der Waals surface area contributed by atoms with E-state index in [1.807, 2.05) is 36.4 Å². The van der Waals surface area contributed by atoms with Crippen LogP contribution in [0.5, 0.6) is 0 Å². The lowest BCUT2D eigenvalue weighted by Crippen LogP contribution is -2.04. The van der Waals surface area contributed by atoms with Gasteiger partial charge in [0.25, 0.3) is 0 Å². The highest BCUT2D eigenvalue weighted by Gasteiger charge is 2.08. The van der Waals surface area contributed by atoms with Crippen molar-refractivity contribution in [3.8, 4) is 0 Å². The smallest absolute Gasteiger partial charge is 0.148 e. The van der Waals surface area contributed by atoms with Crippen LogP contribution in [0.1, 0.15) is 4.88 Å². The number of hydrogen-bond donors (Lipinski definition) is 0. The van der Waals surface area contributed by atoms with E-state index in [0.29, 0.717) is 12.2 Å². The highest BCUT2D eigenvalue weighted by molar-refractivity contribution is 9.10. The molecule has 0 saturated carbocycles. The third-order valence-corrected chi connectivity index (χ3v) is 5.54. The zero-order chi connectivity index (χ0) is 13.0. The van der Waals surface area contributed by atoms with Crippen molar-refractivity contribution in [3.63, 3.8) is 0 Å². The summed E-state index contributed by atoms with van der Waals surface area (Å²) >= 11 is 12.3. The SMILES string of the molecule is O=C(CSc1ccccc1Br)Cc1ccc(Cl)s1. The summed E-state index contributed by atoms with van der Waals surface area (Å²) in [5.74, 6) is 0.701. The third kappa shape index (κ3) is 4.12. The fourth-order valence-corrected chi connectivity index (χ4v) is 3.96. The summed E-state index contributed by atoms with van der Waals surface area (Å²) in [5, 5.41) is 0. The van der Waals surface area contributed by atoms with Gasteiger partial charge in [0.2, 0.25) is 0 Å². The van der Waals surface area contributed by atoms with Crippen molar-refractivity contribution in [1.29, 1.82) is 0 Å². The summed E-state index contributed by atoms with van der Waals surface area (Å²) in [5.41, 5.74) is 0. The fourth-order valence-electron chi connectivity index (χ4n) is 1.41. The molecule has 2 aromatic rings. The molecule has 0 amide bonds. The highest BCUT2D eigenvalue weighted by atomic mass is 79.9. The Kier molecular flexibility index (Phi) is 5.30. The summed E-state index contributed by atoms with van der Waals surface area (Å²) in [7, 11) is 0. The van der Waals surface area contributed by atoms with Gasteiger partial charge >= 0.3 is 0 Å². The number of Topliss-reactive ketones (excluding diaryl/α,β-unsaturated/α-hetero) is 1. The fraction of sp³-hybridized carbons (Fsp3) is 0.154. The molecule has 1 nitrogen and oxygen atoms in total. The predicted molar refractivity (Wildman–Crippen MR) is 82.9 cm³/mol. The van der Waals surface area contributed by atoms with Gasteiger partial charge in [-0.2, -0.15) is 0 Å². The monoisotopic (exact) mass is 360 g/mol. The van der Waals surface area contributed by atoms with Crippen molar-refractivity contribution in [3.05, 3.63) is 50.1 Å². The third-order valence-electron chi connectivity index (χ3n) is 2.23. The number of halogens is 2. The standard InChI is InChI=1S/C13H10BrClOS2/c14-11-3-1-2-4-12(11)17-8-9(16)7-10-5-6-13(15)18-10/h1-6H,7-8H2. The number of hydrogen-bond acceptors (Lipinski definition) is 3. The Morgan fingerprint density at radius 3 is 2.72 bits per heavy atom. The second-order valence-electron chi connectivity index (χ2n) is 3.64. The summed E-state index contributed by atoms with van der Waals surface area (Å²) in [6.45, 7) is 0. The number of rotatable bonds is 5. The van der Waals surface area contributed by atoms with Crippen LogP contribution < -0.4 is 0 Å². The van der Waals surface area contributed by atoms with Crippen LogP contribution in [0.2, 0.25) is 4.34 Å². The number of ketones is 1. The van der Waals surface area contributed by atoms with Crippen LogP contribution in [-0.2, 0) is 11.2 Å². The molecule has 0 aliphatic carbocycles. The van der Waals surface area contributed by atoms with Crippen LogP contribution in [0.25, 0.3) is 0 Å². The number of carbonyl (C=O) groups excluding carboxylic acids is 1. The molecule has 1 aromatic carbocycles. The number of thioether (sulfide) groups is 1. The Balaban J connectivity index is 1.87. The largest absolute Gasteiger partial charge is 0.298 e. The molecule has 0 unspecified atom stereocenters. The Morgan fingerprint density at radius 2 is 2.06 bits per heavy atom. The minimum absolute atomic E-state index is 0.217. The summed E-state index contributed by atoms with van der Waals surface area (Å²) in [4.78, 5) is 14.0. The molecule has 1 aromatic heterocycles. The van der Waals surface area contributed by atoms with Crippen LogP contribution in [0.15, 0.2) is 45.8 Å². The van der Waals surface area contributed by atoms with E-state index in [9.17, 15) is 4.79 Å². The average Bonchev–Trinajstić information content (AvgIpc) is 2.74. The molecular formula is C13H10BrClOS2. The molecule has 0 bridgehead atoms. The zero-order valence-corrected chi connectivity index (χ0v) is 13.3. The molecule has 94 valence electrons. The maximum Gasteiger partial charge on any atom is 0.148 e. The molecule has 1 heterocycles. The van der Waals surface area contributed by atoms with Crippen molar-refractivity contribution >= 4 is 56.4 Å². The van der Waals surface area contributed by atoms with E-state index < -0.39 is 0 Å². The Bertz CT molecular complexity index is 553. The van der Waals surface area contributed by atoms with Gasteiger partial charge in [0, 0.05) is 20.7 Å². The molecule has 18 heavy (non-hydrogen) atoms. The van der Waals surface area contributed by atoms with Crippen molar-refractivity contribution < 1.29 is 4.79 Å². The minimum atomic E-state index is 0.217. The Morgan fingerprint density at radius 1 is 1.28 bits per heavy atom. The molecule has 0 saturated heterocycles. The van der Waals surface area contributed by atoms with E-state index in [4.69, 9.17) is 11.6 Å².